The fourth-order valence-corrected chi connectivity index (χ4v) is 3.56. The number of rotatable bonds is 6. The van der Waals surface area contributed by atoms with Crippen molar-refractivity contribution in [2.75, 3.05) is 49.2 Å². The molecule has 6 heteroatoms. The van der Waals surface area contributed by atoms with Crippen LogP contribution in [0.2, 0.25) is 0 Å². The molecule has 0 atom stereocenters. The molecular formula is C21H25N3O2S. The first-order valence-corrected chi connectivity index (χ1v) is 10.3. The number of nitrogens with one attached hydrogen (secondary N) is 1. The molecule has 1 fully saturated rings. The normalized spacial score (nSPS) is 14.8. The molecule has 142 valence electrons. The van der Waals surface area contributed by atoms with E-state index < -0.39 is 0 Å². The summed E-state index contributed by atoms with van der Waals surface area (Å²) in [4.78, 5) is 29.3. The molecule has 3 rings (SSSR count). The number of Topliss-reactive ketones (excluding diaryl/α,β-unsaturated/α-hetero) is 1. The quantitative estimate of drug-likeness (QED) is 0.612. The van der Waals surface area contributed by atoms with Gasteiger partial charge in [-0.25, -0.2) is 0 Å². The van der Waals surface area contributed by atoms with E-state index in [-0.39, 0.29) is 11.7 Å². The molecule has 1 heterocycles. The molecule has 27 heavy (non-hydrogen) atoms. The van der Waals surface area contributed by atoms with Crippen molar-refractivity contribution in [3.8, 4) is 0 Å². The molecule has 1 saturated heterocycles. The van der Waals surface area contributed by atoms with Gasteiger partial charge < -0.3 is 10.2 Å². The lowest BCUT2D eigenvalue weighted by Gasteiger charge is -2.35. The highest BCUT2D eigenvalue weighted by Gasteiger charge is 2.19. The highest BCUT2D eigenvalue weighted by molar-refractivity contribution is 7.98. The number of carbonyl (C=O) groups is 2. The van der Waals surface area contributed by atoms with Gasteiger partial charge in [0.15, 0.2) is 5.78 Å². The molecule has 0 aliphatic carbocycles. The zero-order chi connectivity index (χ0) is 19.2. The fourth-order valence-electron chi connectivity index (χ4n) is 3.15. The Morgan fingerprint density at radius 3 is 2.15 bits per heavy atom. The molecule has 2 aromatic carbocycles. The van der Waals surface area contributed by atoms with E-state index in [0.717, 1.165) is 43.1 Å². The van der Waals surface area contributed by atoms with Crippen molar-refractivity contribution < 1.29 is 9.59 Å². The van der Waals surface area contributed by atoms with Crippen LogP contribution in [0.15, 0.2) is 53.4 Å². The predicted molar refractivity (Wildman–Crippen MR) is 112 cm³/mol. The van der Waals surface area contributed by atoms with Crippen molar-refractivity contribution in [1.29, 1.82) is 0 Å². The van der Waals surface area contributed by atoms with Gasteiger partial charge in [-0.1, -0.05) is 0 Å². The molecule has 0 unspecified atom stereocenters. The molecule has 0 saturated carbocycles. The van der Waals surface area contributed by atoms with Crippen LogP contribution in [0.1, 0.15) is 17.3 Å². The Morgan fingerprint density at radius 2 is 1.59 bits per heavy atom. The number of hydrogen-bond acceptors (Lipinski definition) is 5. The average Bonchev–Trinajstić information content (AvgIpc) is 2.69. The van der Waals surface area contributed by atoms with Crippen LogP contribution in [-0.2, 0) is 4.79 Å². The minimum Gasteiger partial charge on any atom is -0.369 e. The summed E-state index contributed by atoms with van der Waals surface area (Å²) in [6, 6.07) is 15.6. The summed E-state index contributed by atoms with van der Waals surface area (Å²) in [5.41, 5.74) is 2.69. The Bertz CT molecular complexity index is 782. The largest absolute Gasteiger partial charge is 0.369 e. The molecule has 1 aliphatic heterocycles. The highest BCUT2D eigenvalue weighted by atomic mass is 32.2. The van der Waals surface area contributed by atoms with Gasteiger partial charge in [-0.3, -0.25) is 14.5 Å². The molecule has 2 aromatic rings. The number of benzene rings is 2. The van der Waals surface area contributed by atoms with Gasteiger partial charge >= 0.3 is 0 Å². The van der Waals surface area contributed by atoms with E-state index in [9.17, 15) is 9.59 Å². The molecule has 0 bridgehead atoms. The van der Waals surface area contributed by atoms with Crippen molar-refractivity contribution in [1.82, 2.24) is 4.90 Å². The number of carbonyl (C=O) groups excluding carboxylic acids is 2. The van der Waals surface area contributed by atoms with Crippen LogP contribution in [0.5, 0.6) is 0 Å². The number of ketones is 1. The maximum Gasteiger partial charge on any atom is 0.238 e. The van der Waals surface area contributed by atoms with Gasteiger partial charge in [0.25, 0.3) is 0 Å². The first-order valence-electron chi connectivity index (χ1n) is 9.07. The summed E-state index contributed by atoms with van der Waals surface area (Å²) in [7, 11) is 0. The van der Waals surface area contributed by atoms with Gasteiger partial charge in [0.2, 0.25) is 5.91 Å². The van der Waals surface area contributed by atoms with E-state index >= 15 is 0 Å². The summed E-state index contributed by atoms with van der Waals surface area (Å²) in [6.07, 6.45) is 2.03. The maximum atomic E-state index is 12.3. The van der Waals surface area contributed by atoms with Crippen LogP contribution >= 0.6 is 11.8 Å². The standard InChI is InChI=1S/C21H25N3O2S/c1-16(25)17-3-7-19(8-4-17)24-13-11-23(12-14-24)15-21(26)22-18-5-9-20(27-2)10-6-18/h3-10H,11-15H2,1-2H3,(H,22,26). The molecular weight excluding hydrogens is 358 g/mol. The Kier molecular flexibility index (Phi) is 6.53. The van der Waals surface area contributed by atoms with Crippen molar-refractivity contribution in [2.24, 2.45) is 0 Å². The van der Waals surface area contributed by atoms with Crippen LogP contribution in [-0.4, -0.2) is 55.6 Å². The van der Waals surface area contributed by atoms with E-state index in [1.54, 1.807) is 18.7 Å². The van der Waals surface area contributed by atoms with Gasteiger partial charge in [0, 0.05) is 48.0 Å². The minimum absolute atomic E-state index is 0.0196. The Labute approximate surface area is 164 Å². The van der Waals surface area contributed by atoms with Crippen molar-refractivity contribution in [3.63, 3.8) is 0 Å². The van der Waals surface area contributed by atoms with Gasteiger partial charge in [-0.2, -0.15) is 0 Å². The predicted octanol–water partition coefficient (Wildman–Crippen LogP) is 3.37. The lowest BCUT2D eigenvalue weighted by atomic mass is 10.1. The van der Waals surface area contributed by atoms with E-state index in [2.05, 4.69) is 15.1 Å². The van der Waals surface area contributed by atoms with Crippen LogP contribution in [0.4, 0.5) is 11.4 Å². The van der Waals surface area contributed by atoms with Crippen molar-refractivity contribution >= 4 is 34.8 Å². The third kappa shape index (κ3) is 5.34. The summed E-state index contributed by atoms with van der Waals surface area (Å²) in [5, 5.41) is 2.96. The number of piperazine rings is 1. The number of nitrogens with zero attached hydrogens (tertiary/aromatic N) is 2. The fraction of sp³-hybridized carbons (Fsp3) is 0.333. The number of anilines is 2. The lowest BCUT2D eigenvalue weighted by Crippen LogP contribution is -2.48. The number of hydrogen-bond donors (Lipinski definition) is 1. The lowest BCUT2D eigenvalue weighted by molar-refractivity contribution is -0.117. The van der Waals surface area contributed by atoms with Crippen LogP contribution in [0, 0.1) is 0 Å². The minimum atomic E-state index is 0.0196. The first kappa shape index (κ1) is 19.5. The molecule has 5 nitrogen and oxygen atoms in total. The second-order valence-corrected chi connectivity index (χ2v) is 7.52. The Hall–Kier alpha value is -2.31. The van der Waals surface area contributed by atoms with Crippen molar-refractivity contribution in [2.45, 2.75) is 11.8 Å². The topological polar surface area (TPSA) is 52.7 Å². The second kappa shape index (κ2) is 9.06. The Morgan fingerprint density at radius 1 is 0.963 bits per heavy atom. The highest BCUT2D eigenvalue weighted by Crippen LogP contribution is 2.19. The zero-order valence-electron chi connectivity index (χ0n) is 15.8. The van der Waals surface area contributed by atoms with Crippen LogP contribution in [0.25, 0.3) is 0 Å². The van der Waals surface area contributed by atoms with E-state index in [1.807, 2.05) is 54.8 Å². The first-order chi connectivity index (χ1) is 13.0. The molecule has 1 aliphatic rings. The molecule has 1 N–H and O–H groups in total. The SMILES string of the molecule is CSc1ccc(NC(=O)CN2CCN(c3ccc(C(C)=O)cc3)CC2)cc1. The number of amides is 1. The summed E-state index contributed by atoms with van der Waals surface area (Å²) in [6.45, 7) is 5.40. The van der Waals surface area contributed by atoms with Crippen LogP contribution < -0.4 is 10.2 Å². The summed E-state index contributed by atoms with van der Waals surface area (Å²) >= 11 is 1.68. The van der Waals surface area contributed by atoms with Crippen LogP contribution in [0.3, 0.4) is 0 Å². The zero-order valence-corrected chi connectivity index (χ0v) is 16.6. The maximum absolute atomic E-state index is 12.3. The third-order valence-electron chi connectivity index (χ3n) is 4.75. The van der Waals surface area contributed by atoms with Gasteiger partial charge in [0.05, 0.1) is 6.54 Å². The summed E-state index contributed by atoms with van der Waals surface area (Å²) < 4.78 is 0. The van der Waals surface area contributed by atoms with Gasteiger partial charge in [-0.15, -0.1) is 11.8 Å². The summed E-state index contributed by atoms with van der Waals surface area (Å²) in [5.74, 6) is 0.103. The van der Waals surface area contributed by atoms with Gasteiger partial charge in [0.1, 0.15) is 0 Å². The van der Waals surface area contributed by atoms with E-state index in [1.165, 1.54) is 4.90 Å². The van der Waals surface area contributed by atoms with E-state index in [0.29, 0.717) is 6.54 Å². The Balaban J connectivity index is 1.47. The smallest absolute Gasteiger partial charge is 0.238 e. The number of thioether (sulfide) groups is 1. The van der Waals surface area contributed by atoms with Gasteiger partial charge in [-0.05, 0) is 61.7 Å². The van der Waals surface area contributed by atoms with Crippen molar-refractivity contribution in [3.05, 3.63) is 54.1 Å². The second-order valence-electron chi connectivity index (χ2n) is 6.64. The monoisotopic (exact) mass is 383 g/mol. The average molecular weight is 384 g/mol. The van der Waals surface area contributed by atoms with E-state index in [4.69, 9.17) is 0 Å². The molecule has 0 radical (unpaired) electrons. The molecule has 0 aromatic heterocycles. The third-order valence-corrected chi connectivity index (χ3v) is 5.50. The molecule has 0 spiro atoms. The molecule has 1 amide bonds.